The van der Waals surface area contributed by atoms with Gasteiger partial charge in [-0.25, -0.2) is 10.9 Å². The lowest BCUT2D eigenvalue weighted by Crippen LogP contribution is -1.75. The molecule has 7 heteroatoms. The molecular weight excluding hydrogens is 283 g/mol. The second-order valence-electron chi connectivity index (χ2n) is 2.36. The maximum absolute atomic E-state index is 8.70. The SMILES string of the molecule is Cl.N#Cc1c[nH]c2ncc(Br)cc12.NO. The fourth-order valence-corrected chi connectivity index (χ4v) is 1.40. The molecule has 2 rings (SSSR count). The molecule has 0 aliphatic carbocycles. The zero-order valence-corrected chi connectivity index (χ0v) is 9.84. The van der Waals surface area contributed by atoms with Crippen molar-refractivity contribution in [1.29, 1.82) is 5.26 Å². The first kappa shape index (κ1) is 13.9. The number of aromatic amines is 1. The number of nitrogens with two attached hydrogens (primary N) is 1. The molecule has 0 aromatic carbocycles. The van der Waals surface area contributed by atoms with Crippen molar-refractivity contribution in [2.75, 3.05) is 0 Å². The molecule has 0 saturated carbocycles. The summed E-state index contributed by atoms with van der Waals surface area (Å²) in [5, 5.41) is 16.1. The van der Waals surface area contributed by atoms with Crippen molar-refractivity contribution in [2.24, 2.45) is 5.90 Å². The molecule has 0 aliphatic heterocycles. The molecule has 0 aliphatic rings. The van der Waals surface area contributed by atoms with Gasteiger partial charge in [0.1, 0.15) is 11.7 Å². The van der Waals surface area contributed by atoms with Crippen LogP contribution in [-0.4, -0.2) is 15.2 Å². The summed E-state index contributed by atoms with van der Waals surface area (Å²) in [5.41, 5.74) is 1.37. The van der Waals surface area contributed by atoms with E-state index in [9.17, 15) is 0 Å². The molecule has 0 saturated heterocycles. The predicted molar refractivity (Wildman–Crippen MR) is 61.7 cm³/mol. The lowest BCUT2D eigenvalue weighted by atomic mass is 10.2. The van der Waals surface area contributed by atoms with Crippen LogP contribution >= 0.6 is 28.3 Å². The van der Waals surface area contributed by atoms with E-state index < -0.39 is 0 Å². The normalized spacial score (nSPS) is 8.40. The molecule has 0 unspecified atom stereocenters. The molecule has 0 radical (unpaired) electrons. The zero-order chi connectivity index (χ0) is 10.6. The highest BCUT2D eigenvalue weighted by atomic mass is 79.9. The Bertz CT molecular complexity index is 479. The molecule has 15 heavy (non-hydrogen) atoms. The first-order valence-electron chi connectivity index (χ1n) is 3.60. The molecule has 2 aromatic heterocycles. The number of nitrogens with zero attached hydrogens (tertiary/aromatic N) is 2. The number of rotatable bonds is 0. The number of halogens is 2. The fourth-order valence-electron chi connectivity index (χ4n) is 1.07. The van der Waals surface area contributed by atoms with Crippen LogP contribution < -0.4 is 5.90 Å². The molecule has 0 spiro atoms. The number of fused-ring (bicyclic) bond motifs is 1. The van der Waals surface area contributed by atoms with Gasteiger partial charge in [0.25, 0.3) is 0 Å². The second kappa shape index (κ2) is 6.37. The molecule has 5 nitrogen and oxygen atoms in total. The zero-order valence-electron chi connectivity index (χ0n) is 7.44. The number of nitrogens with one attached hydrogen (secondary N) is 1. The number of nitriles is 1. The van der Waals surface area contributed by atoms with Crippen molar-refractivity contribution in [3.8, 4) is 6.07 Å². The van der Waals surface area contributed by atoms with E-state index in [-0.39, 0.29) is 12.4 Å². The van der Waals surface area contributed by atoms with Crippen LogP contribution in [-0.2, 0) is 0 Å². The van der Waals surface area contributed by atoms with Crippen molar-refractivity contribution in [3.63, 3.8) is 0 Å². The highest BCUT2D eigenvalue weighted by molar-refractivity contribution is 9.10. The van der Waals surface area contributed by atoms with Crippen LogP contribution in [0.5, 0.6) is 0 Å². The van der Waals surface area contributed by atoms with E-state index in [1.54, 1.807) is 12.4 Å². The monoisotopic (exact) mass is 290 g/mol. The van der Waals surface area contributed by atoms with Crippen LogP contribution in [0.1, 0.15) is 5.56 Å². The lowest BCUT2D eigenvalue weighted by molar-refractivity contribution is 0.311. The van der Waals surface area contributed by atoms with E-state index in [4.69, 9.17) is 10.5 Å². The Labute approximate surface area is 100 Å². The minimum Gasteiger partial charge on any atom is -0.345 e. The molecule has 2 heterocycles. The second-order valence-corrected chi connectivity index (χ2v) is 3.28. The minimum atomic E-state index is 0. The van der Waals surface area contributed by atoms with Crippen LogP contribution in [0.15, 0.2) is 22.9 Å². The van der Waals surface area contributed by atoms with Gasteiger partial charge in [-0.2, -0.15) is 5.26 Å². The summed E-state index contributed by atoms with van der Waals surface area (Å²) in [4.78, 5) is 7.01. The van der Waals surface area contributed by atoms with Gasteiger partial charge in [-0.15, -0.1) is 12.4 Å². The molecule has 0 fully saturated rings. The molecular formula is C8H8BrClN4O. The van der Waals surface area contributed by atoms with Crippen molar-refractivity contribution < 1.29 is 5.21 Å². The van der Waals surface area contributed by atoms with Gasteiger partial charge in [-0.05, 0) is 22.0 Å². The highest BCUT2D eigenvalue weighted by Crippen LogP contribution is 2.19. The van der Waals surface area contributed by atoms with Crippen LogP contribution in [0.2, 0.25) is 0 Å². The number of hydrogen-bond acceptors (Lipinski definition) is 4. The summed E-state index contributed by atoms with van der Waals surface area (Å²) in [5.74, 6) is 3.50. The van der Waals surface area contributed by atoms with Crippen LogP contribution in [0.4, 0.5) is 0 Å². The van der Waals surface area contributed by atoms with Crippen LogP contribution in [0, 0.1) is 11.3 Å². The van der Waals surface area contributed by atoms with Crippen molar-refractivity contribution >= 4 is 39.4 Å². The van der Waals surface area contributed by atoms with Gasteiger partial charge in [-0.1, -0.05) is 0 Å². The Morgan fingerprint density at radius 1 is 1.53 bits per heavy atom. The number of pyridine rings is 1. The van der Waals surface area contributed by atoms with E-state index in [2.05, 4.69) is 37.9 Å². The number of hydrogen-bond donors (Lipinski definition) is 3. The third kappa shape index (κ3) is 2.91. The highest BCUT2D eigenvalue weighted by Gasteiger charge is 2.03. The Kier molecular flexibility index (Phi) is 5.89. The van der Waals surface area contributed by atoms with Gasteiger partial charge in [-0.3, -0.25) is 0 Å². The van der Waals surface area contributed by atoms with Gasteiger partial charge < -0.3 is 10.2 Å². The Morgan fingerprint density at radius 3 is 2.80 bits per heavy atom. The third-order valence-electron chi connectivity index (χ3n) is 1.62. The van der Waals surface area contributed by atoms with Crippen molar-refractivity contribution in [2.45, 2.75) is 0 Å². The van der Waals surface area contributed by atoms with Crippen molar-refractivity contribution in [3.05, 3.63) is 28.5 Å². The quantitative estimate of drug-likeness (QED) is 0.646. The maximum Gasteiger partial charge on any atom is 0.138 e. The average Bonchev–Trinajstić information content (AvgIpc) is 2.63. The minimum absolute atomic E-state index is 0. The Hall–Kier alpha value is -1.13. The first-order valence-corrected chi connectivity index (χ1v) is 4.39. The fraction of sp³-hybridized carbons (Fsp3) is 0. The standard InChI is InChI=1S/C8H4BrN3.ClH.H3NO/c9-6-1-7-5(2-10)3-11-8(7)12-4-6;;1-2/h1,3-4H,(H,11,12);1H;2H,1H2. The topological polar surface area (TPSA) is 98.7 Å². The van der Waals surface area contributed by atoms with E-state index in [0.29, 0.717) is 5.56 Å². The van der Waals surface area contributed by atoms with Crippen LogP contribution in [0.25, 0.3) is 11.0 Å². The third-order valence-corrected chi connectivity index (χ3v) is 2.05. The van der Waals surface area contributed by atoms with Gasteiger partial charge in [0.05, 0.1) is 5.56 Å². The summed E-state index contributed by atoms with van der Waals surface area (Å²) < 4.78 is 0.881. The molecule has 0 bridgehead atoms. The van der Waals surface area contributed by atoms with E-state index in [1.807, 2.05) is 6.07 Å². The largest absolute Gasteiger partial charge is 0.345 e. The van der Waals surface area contributed by atoms with Crippen molar-refractivity contribution in [1.82, 2.24) is 9.97 Å². The van der Waals surface area contributed by atoms with Gasteiger partial charge in [0.2, 0.25) is 0 Å². The molecule has 4 N–H and O–H groups in total. The number of H-pyrrole nitrogens is 1. The Balaban J connectivity index is 0.000000617. The summed E-state index contributed by atoms with van der Waals surface area (Å²) in [6, 6.07) is 3.96. The maximum atomic E-state index is 8.70. The molecule has 0 atom stereocenters. The predicted octanol–water partition coefficient (Wildman–Crippen LogP) is 1.95. The Morgan fingerprint density at radius 2 is 2.20 bits per heavy atom. The van der Waals surface area contributed by atoms with Gasteiger partial charge in [0.15, 0.2) is 0 Å². The lowest BCUT2D eigenvalue weighted by Gasteiger charge is -1.89. The van der Waals surface area contributed by atoms with Crippen LogP contribution in [0.3, 0.4) is 0 Å². The summed E-state index contributed by atoms with van der Waals surface area (Å²) in [7, 11) is 0. The summed E-state index contributed by atoms with van der Waals surface area (Å²) in [6.45, 7) is 0. The number of aromatic nitrogens is 2. The molecule has 2 aromatic rings. The average molecular weight is 292 g/mol. The summed E-state index contributed by atoms with van der Waals surface area (Å²) >= 11 is 3.29. The first-order chi connectivity index (χ1) is 6.81. The van der Waals surface area contributed by atoms with E-state index in [0.717, 1.165) is 15.5 Å². The molecule has 0 amide bonds. The van der Waals surface area contributed by atoms with Gasteiger partial charge >= 0.3 is 0 Å². The smallest absolute Gasteiger partial charge is 0.138 e. The molecule has 80 valence electrons. The van der Waals surface area contributed by atoms with Gasteiger partial charge in [0, 0.05) is 22.3 Å². The van der Waals surface area contributed by atoms with E-state index in [1.165, 1.54) is 0 Å². The van der Waals surface area contributed by atoms with E-state index >= 15 is 0 Å². The summed E-state index contributed by atoms with van der Waals surface area (Å²) in [6.07, 6.45) is 3.35.